The summed E-state index contributed by atoms with van der Waals surface area (Å²) < 4.78 is 5.75. The van der Waals surface area contributed by atoms with Crippen LogP contribution in [0.25, 0.3) is 0 Å². The lowest BCUT2D eigenvalue weighted by molar-refractivity contribution is -0.135. The van der Waals surface area contributed by atoms with E-state index in [4.69, 9.17) is 10.5 Å². The Bertz CT molecular complexity index is 609. The molecular weight excluding hydrogens is 312 g/mol. The van der Waals surface area contributed by atoms with Gasteiger partial charge in [-0.3, -0.25) is 4.79 Å². The first-order valence-electron chi connectivity index (χ1n) is 9.57. The fraction of sp³-hybridized carbons (Fsp3) is 0.667. The molecule has 0 bridgehead atoms. The van der Waals surface area contributed by atoms with Gasteiger partial charge in [0, 0.05) is 19.1 Å². The van der Waals surface area contributed by atoms with E-state index >= 15 is 0 Å². The van der Waals surface area contributed by atoms with Gasteiger partial charge in [0.15, 0.2) is 0 Å². The van der Waals surface area contributed by atoms with Gasteiger partial charge in [-0.25, -0.2) is 0 Å². The van der Waals surface area contributed by atoms with Gasteiger partial charge < -0.3 is 15.4 Å². The number of likely N-dealkylation sites (tertiary alicyclic amines) is 1. The Labute approximate surface area is 151 Å². The molecule has 2 N–H and O–H groups in total. The smallest absolute Gasteiger partial charge is 0.232 e. The second-order valence-corrected chi connectivity index (χ2v) is 8.73. The number of amides is 1. The van der Waals surface area contributed by atoms with Crippen LogP contribution >= 0.6 is 0 Å². The van der Waals surface area contributed by atoms with E-state index in [0.717, 1.165) is 37.2 Å². The number of hydrogen-bond acceptors (Lipinski definition) is 3. The number of fused-ring (bicyclic) bond motifs is 1. The van der Waals surface area contributed by atoms with Gasteiger partial charge in [-0.05, 0) is 62.1 Å². The van der Waals surface area contributed by atoms with Crippen LogP contribution in [0.15, 0.2) is 24.3 Å². The zero-order valence-corrected chi connectivity index (χ0v) is 16.0. The third-order valence-corrected chi connectivity index (χ3v) is 5.89. The van der Waals surface area contributed by atoms with Crippen LogP contribution in [0.2, 0.25) is 0 Å². The molecule has 0 radical (unpaired) electrons. The fourth-order valence-corrected chi connectivity index (χ4v) is 4.22. The quantitative estimate of drug-likeness (QED) is 0.892. The Morgan fingerprint density at radius 3 is 2.52 bits per heavy atom. The number of hydrogen-bond donors (Lipinski definition) is 1. The zero-order chi connectivity index (χ0) is 18.2. The normalized spacial score (nSPS) is 26.2. The number of ether oxygens (including phenoxy) is 1. The van der Waals surface area contributed by atoms with E-state index < -0.39 is 5.41 Å². The van der Waals surface area contributed by atoms with Crippen molar-refractivity contribution in [2.75, 3.05) is 19.7 Å². The largest absolute Gasteiger partial charge is 0.493 e. The Kier molecular flexibility index (Phi) is 5.10. The van der Waals surface area contributed by atoms with Crippen molar-refractivity contribution < 1.29 is 9.53 Å². The number of rotatable bonds is 5. The molecule has 1 aromatic carbocycles. The number of nitrogens with two attached hydrogens (primary N) is 1. The molecule has 0 aromatic heterocycles. The maximum absolute atomic E-state index is 13.2. The molecule has 138 valence electrons. The van der Waals surface area contributed by atoms with Crippen molar-refractivity contribution in [2.45, 2.75) is 52.0 Å². The highest BCUT2D eigenvalue weighted by atomic mass is 16.5. The molecular formula is C21H32N2O2. The first-order chi connectivity index (χ1) is 11.8. The summed E-state index contributed by atoms with van der Waals surface area (Å²) in [4.78, 5) is 15.2. The first-order valence-corrected chi connectivity index (χ1v) is 9.57. The second kappa shape index (κ2) is 6.99. The Morgan fingerprint density at radius 2 is 1.92 bits per heavy atom. The van der Waals surface area contributed by atoms with Crippen LogP contribution in [0.1, 0.15) is 46.1 Å². The molecule has 1 aliphatic heterocycles. The third kappa shape index (κ3) is 3.69. The molecule has 3 atom stereocenters. The van der Waals surface area contributed by atoms with Gasteiger partial charge in [-0.15, -0.1) is 0 Å². The highest BCUT2D eigenvalue weighted by Crippen LogP contribution is 2.39. The average Bonchev–Trinajstić information content (AvgIpc) is 3.15. The third-order valence-electron chi connectivity index (χ3n) is 5.89. The van der Waals surface area contributed by atoms with Crippen LogP contribution in [-0.4, -0.2) is 36.5 Å². The molecule has 2 aliphatic rings. The van der Waals surface area contributed by atoms with Gasteiger partial charge >= 0.3 is 0 Å². The monoisotopic (exact) mass is 344 g/mol. The van der Waals surface area contributed by atoms with E-state index in [0.29, 0.717) is 24.4 Å². The molecule has 2 fully saturated rings. The lowest BCUT2D eigenvalue weighted by Crippen LogP contribution is -2.43. The maximum Gasteiger partial charge on any atom is 0.232 e. The van der Waals surface area contributed by atoms with Gasteiger partial charge in [0.05, 0.1) is 12.0 Å². The molecule has 4 heteroatoms. The van der Waals surface area contributed by atoms with Crippen molar-refractivity contribution >= 4 is 5.91 Å². The van der Waals surface area contributed by atoms with Crippen molar-refractivity contribution in [3.8, 4) is 5.75 Å². The summed E-state index contributed by atoms with van der Waals surface area (Å²) in [6, 6.07) is 8.26. The van der Waals surface area contributed by atoms with Crippen molar-refractivity contribution in [3.05, 3.63) is 29.8 Å². The fourth-order valence-electron chi connectivity index (χ4n) is 4.22. The van der Waals surface area contributed by atoms with Gasteiger partial charge in [0.25, 0.3) is 0 Å². The van der Waals surface area contributed by atoms with Gasteiger partial charge in [0.2, 0.25) is 5.91 Å². The molecule has 3 rings (SSSR count). The summed E-state index contributed by atoms with van der Waals surface area (Å²) in [5, 5.41) is 0. The van der Waals surface area contributed by atoms with Crippen LogP contribution in [0.4, 0.5) is 0 Å². The van der Waals surface area contributed by atoms with Crippen LogP contribution in [-0.2, 0) is 10.2 Å². The van der Waals surface area contributed by atoms with E-state index in [2.05, 4.69) is 13.8 Å². The summed E-state index contributed by atoms with van der Waals surface area (Å²) in [5.74, 6) is 2.67. The molecule has 1 saturated carbocycles. The highest BCUT2D eigenvalue weighted by molar-refractivity contribution is 5.87. The number of carbonyl (C=O) groups excluding carboxylic acids is 1. The summed E-state index contributed by atoms with van der Waals surface area (Å²) in [5.41, 5.74) is 6.73. The standard InChI is InChI=1S/C21H32N2O2/c1-14(2)13-25-17-8-6-16(7-9-17)21(3,4)20(24)23-11-15-5-10-19(22)18(15)12-23/h6-9,14-15,18-19H,5,10-13,22H2,1-4H3. The number of benzene rings is 1. The predicted octanol–water partition coefficient (Wildman–Crippen LogP) is 3.19. The van der Waals surface area contributed by atoms with E-state index in [-0.39, 0.29) is 11.9 Å². The van der Waals surface area contributed by atoms with Crippen LogP contribution in [0.3, 0.4) is 0 Å². The zero-order valence-electron chi connectivity index (χ0n) is 16.0. The summed E-state index contributed by atoms with van der Waals surface area (Å²) in [6.07, 6.45) is 2.27. The SMILES string of the molecule is CC(C)COc1ccc(C(C)(C)C(=O)N2CC3CCC(N)C3C2)cc1. The van der Waals surface area contributed by atoms with Crippen molar-refractivity contribution in [2.24, 2.45) is 23.5 Å². The lowest BCUT2D eigenvalue weighted by Gasteiger charge is -2.30. The molecule has 1 heterocycles. The minimum Gasteiger partial charge on any atom is -0.493 e. The van der Waals surface area contributed by atoms with Crippen molar-refractivity contribution in [1.29, 1.82) is 0 Å². The molecule has 1 aliphatic carbocycles. The summed E-state index contributed by atoms with van der Waals surface area (Å²) >= 11 is 0. The summed E-state index contributed by atoms with van der Waals surface area (Å²) in [7, 11) is 0. The highest BCUT2D eigenvalue weighted by Gasteiger charge is 2.45. The molecule has 1 aromatic rings. The van der Waals surface area contributed by atoms with Crippen molar-refractivity contribution in [3.63, 3.8) is 0 Å². The van der Waals surface area contributed by atoms with Crippen molar-refractivity contribution in [1.82, 2.24) is 4.90 Å². The molecule has 25 heavy (non-hydrogen) atoms. The minimum atomic E-state index is -0.528. The molecule has 1 saturated heterocycles. The maximum atomic E-state index is 13.2. The number of nitrogens with zero attached hydrogens (tertiary/aromatic N) is 1. The lowest BCUT2D eigenvalue weighted by atomic mass is 9.83. The topological polar surface area (TPSA) is 55.6 Å². The molecule has 1 amide bonds. The predicted molar refractivity (Wildman–Crippen MR) is 101 cm³/mol. The van der Waals surface area contributed by atoms with Gasteiger partial charge in [-0.1, -0.05) is 26.0 Å². The van der Waals surface area contributed by atoms with E-state index in [1.807, 2.05) is 43.0 Å². The van der Waals surface area contributed by atoms with E-state index in [1.165, 1.54) is 0 Å². The Morgan fingerprint density at radius 1 is 1.24 bits per heavy atom. The van der Waals surface area contributed by atoms with E-state index in [9.17, 15) is 4.79 Å². The molecule has 3 unspecified atom stereocenters. The molecule has 0 spiro atoms. The second-order valence-electron chi connectivity index (χ2n) is 8.73. The Balaban J connectivity index is 1.67. The van der Waals surface area contributed by atoms with E-state index in [1.54, 1.807) is 0 Å². The van der Waals surface area contributed by atoms with Gasteiger partial charge in [-0.2, -0.15) is 0 Å². The minimum absolute atomic E-state index is 0.213. The van der Waals surface area contributed by atoms with Crippen LogP contribution in [0, 0.1) is 17.8 Å². The average molecular weight is 344 g/mol. The Hall–Kier alpha value is -1.55. The van der Waals surface area contributed by atoms with Crippen LogP contribution in [0.5, 0.6) is 5.75 Å². The molecule has 4 nitrogen and oxygen atoms in total. The van der Waals surface area contributed by atoms with Gasteiger partial charge in [0.1, 0.15) is 5.75 Å². The summed E-state index contributed by atoms with van der Waals surface area (Å²) in [6.45, 7) is 10.7. The number of carbonyl (C=O) groups is 1. The van der Waals surface area contributed by atoms with Crippen LogP contribution < -0.4 is 10.5 Å². The first kappa shape index (κ1) is 18.2.